The zero-order valence-corrected chi connectivity index (χ0v) is 20.5. The van der Waals surface area contributed by atoms with Crippen molar-refractivity contribution in [2.24, 2.45) is 10.7 Å². The van der Waals surface area contributed by atoms with Crippen molar-refractivity contribution in [3.63, 3.8) is 0 Å². The first kappa shape index (κ1) is 27.7. The number of benzene rings is 1. The lowest BCUT2D eigenvalue weighted by Crippen LogP contribution is -2.41. The van der Waals surface area contributed by atoms with Gasteiger partial charge in [-0.05, 0) is 57.1 Å². The van der Waals surface area contributed by atoms with Crippen molar-refractivity contribution in [1.29, 1.82) is 0 Å². The van der Waals surface area contributed by atoms with Crippen LogP contribution in [-0.2, 0) is 11.3 Å². The molecule has 8 heteroatoms. The van der Waals surface area contributed by atoms with Crippen molar-refractivity contribution in [3.05, 3.63) is 41.3 Å². The second-order valence-electron chi connectivity index (χ2n) is 8.08. The van der Waals surface area contributed by atoms with E-state index in [2.05, 4.69) is 63.7 Å². The second-order valence-corrected chi connectivity index (χ2v) is 8.08. The van der Waals surface area contributed by atoms with Crippen molar-refractivity contribution < 1.29 is 13.1 Å². The molecular formula is C24H48N6O2. The summed E-state index contributed by atoms with van der Waals surface area (Å²) in [7, 11) is 4.22. The van der Waals surface area contributed by atoms with Gasteiger partial charge in [-0.3, -0.25) is 0 Å². The Hall–Kier alpha value is -2.29. The Morgan fingerprint density at radius 1 is 1.25 bits per heavy atom. The minimum absolute atomic E-state index is 0. The number of nitrogens with one attached hydrogen (secondary N) is 2. The lowest BCUT2D eigenvalue weighted by molar-refractivity contribution is 0.0339. The van der Waals surface area contributed by atoms with Crippen molar-refractivity contribution >= 4 is 11.9 Å². The molecular weight excluding hydrogens is 404 g/mol. The molecule has 1 fully saturated rings. The number of likely N-dealkylation sites (tertiary alicyclic amines) is 1. The molecule has 1 unspecified atom stereocenters. The fourth-order valence-corrected chi connectivity index (χ4v) is 3.65. The molecule has 0 radical (unpaired) electrons. The van der Waals surface area contributed by atoms with Crippen LogP contribution in [0.25, 0.3) is 0 Å². The third-order valence-electron chi connectivity index (χ3n) is 5.50. The van der Waals surface area contributed by atoms with Gasteiger partial charge in [0, 0.05) is 28.2 Å². The quantitative estimate of drug-likeness (QED) is 0.496. The maximum Gasteiger partial charge on any atom is 0.226 e. The SMILES string of the molecule is CC.CCCCOC1N=CC(N)=C(N(C)Cc2ccc(NC3CCN(C)CC3)cc2)N1.O.[HH].[HH]. The van der Waals surface area contributed by atoms with E-state index in [0.29, 0.717) is 18.3 Å². The molecule has 2 aliphatic rings. The van der Waals surface area contributed by atoms with Crippen molar-refractivity contribution in [2.45, 2.75) is 65.4 Å². The van der Waals surface area contributed by atoms with Crippen LogP contribution < -0.4 is 16.4 Å². The normalized spacial score (nSPS) is 18.8. The Labute approximate surface area is 197 Å². The van der Waals surface area contributed by atoms with E-state index >= 15 is 0 Å². The molecule has 0 bridgehead atoms. The molecule has 1 aromatic carbocycles. The standard InChI is InChI=1S/C22H36N6O.C2H6.H2O.2H2/c1-4-5-14-29-22-24-15-20(23)21(26-22)28(3)16-17-6-8-18(9-7-17)25-19-10-12-27(2)13-11-19;1-2;;;/h6-9,15,19,22,25-26H,4-5,10-14,16,23H2,1-3H3;1-2H3;1H2;2*1H. The Balaban J connectivity index is 0. The van der Waals surface area contributed by atoms with Crippen LogP contribution >= 0.6 is 0 Å². The van der Waals surface area contributed by atoms with E-state index in [9.17, 15) is 0 Å². The zero-order valence-electron chi connectivity index (χ0n) is 20.5. The first-order chi connectivity index (χ1) is 15.0. The summed E-state index contributed by atoms with van der Waals surface area (Å²) in [5, 5.41) is 6.96. The number of rotatable bonds is 9. The van der Waals surface area contributed by atoms with Crippen molar-refractivity contribution in [2.75, 3.05) is 39.1 Å². The number of hydrogen-bond acceptors (Lipinski definition) is 7. The average Bonchev–Trinajstić information content (AvgIpc) is 2.79. The monoisotopic (exact) mass is 452 g/mol. The topological polar surface area (TPSA) is 110 Å². The summed E-state index contributed by atoms with van der Waals surface area (Å²) in [5.74, 6) is 0.857. The molecule has 0 saturated carbocycles. The number of hydrogen-bond donors (Lipinski definition) is 3. The van der Waals surface area contributed by atoms with E-state index in [1.54, 1.807) is 6.21 Å². The van der Waals surface area contributed by atoms with Gasteiger partial charge in [0.15, 0.2) is 0 Å². The molecule has 1 aromatic rings. The van der Waals surface area contributed by atoms with Gasteiger partial charge in [0.05, 0.1) is 18.5 Å². The predicted molar refractivity (Wildman–Crippen MR) is 139 cm³/mol. The van der Waals surface area contributed by atoms with Crippen LogP contribution in [0.1, 0.15) is 54.9 Å². The van der Waals surface area contributed by atoms with Crippen molar-refractivity contribution in [3.8, 4) is 0 Å². The molecule has 0 aliphatic carbocycles. The average molecular weight is 453 g/mol. The molecule has 0 spiro atoms. The highest BCUT2D eigenvalue weighted by Gasteiger charge is 2.19. The van der Waals surface area contributed by atoms with E-state index in [1.807, 2.05) is 20.9 Å². The summed E-state index contributed by atoms with van der Waals surface area (Å²) < 4.78 is 5.76. The van der Waals surface area contributed by atoms with Crippen molar-refractivity contribution in [1.82, 2.24) is 15.1 Å². The predicted octanol–water partition coefficient (Wildman–Crippen LogP) is 3.22. The van der Waals surface area contributed by atoms with E-state index in [4.69, 9.17) is 10.5 Å². The number of nitrogens with two attached hydrogens (primary N) is 1. The number of allylic oxidation sites excluding steroid dienone is 1. The fraction of sp³-hybridized carbons (Fsp3) is 0.625. The number of unbranched alkanes of at least 4 members (excludes halogenated alkanes) is 1. The Kier molecular flexibility index (Phi) is 12.8. The summed E-state index contributed by atoms with van der Waals surface area (Å²) in [6, 6.07) is 9.27. The van der Waals surface area contributed by atoms with Gasteiger partial charge in [-0.1, -0.05) is 39.3 Å². The van der Waals surface area contributed by atoms with Crippen LogP contribution in [0.5, 0.6) is 0 Å². The van der Waals surface area contributed by atoms with E-state index in [0.717, 1.165) is 38.3 Å². The van der Waals surface area contributed by atoms with Crippen LogP contribution in [0.2, 0.25) is 0 Å². The lowest BCUT2D eigenvalue weighted by atomic mass is 10.0. The third-order valence-corrected chi connectivity index (χ3v) is 5.50. The molecule has 6 N–H and O–H groups in total. The molecule has 186 valence electrons. The largest absolute Gasteiger partial charge is 0.412 e. The summed E-state index contributed by atoms with van der Waals surface area (Å²) in [4.78, 5) is 8.81. The Bertz CT molecular complexity index is 710. The molecule has 1 saturated heterocycles. The maximum atomic E-state index is 6.15. The molecule has 8 nitrogen and oxygen atoms in total. The number of ether oxygens (including phenoxy) is 1. The van der Waals surface area contributed by atoms with Gasteiger partial charge in [0.2, 0.25) is 6.35 Å². The van der Waals surface area contributed by atoms with Gasteiger partial charge in [0.25, 0.3) is 0 Å². The molecule has 1 atom stereocenters. The third kappa shape index (κ3) is 8.68. The van der Waals surface area contributed by atoms with E-state index in [1.165, 1.54) is 24.1 Å². The van der Waals surface area contributed by atoms with Gasteiger partial charge in [-0.2, -0.15) is 0 Å². The van der Waals surface area contributed by atoms with Gasteiger partial charge in [-0.25, -0.2) is 4.99 Å². The molecule has 2 heterocycles. The Morgan fingerprint density at radius 3 is 2.53 bits per heavy atom. The molecule has 2 aliphatic heterocycles. The van der Waals surface area contributed by atoms with Crippen LogP contribution in [0, 0.1) is 0 Å². The van der Waals surface area contributed by atoms with Crippen LogP contribution in [0.4, 0.5) is 5.69 Å². The van der Waals surface area contributed by atoms with Crippen LogP contribution in [0.3, 0.4) is 0 Å². The van der Waals surface area contributed by atoms with E-state index < -0.39 is 0 Å². The summed E-state index contributed by atoms with van der Waals surface area (Å²) in [5.41, 5.74) is 9.20. The highest BCUT2D eigenvalue weighted by atomic mass is 16.5. The van der Waals surface area contributed by atoms with E-state index in [-0.39, 0.29) is 14.7 Å². The smallest absolute Gasteiger partial charge is 0.226 e. The fourth-order valence-electron chi connectivity index (χ4n) is 3.65. The maximum absolute atomic E-state index is 6.15. The van der Waals surface area contributed by atoms with Crippen LogP contribution in [-0.4, -0.2) is 67.7 Å². The van der Waals surface area contributed by atoms with Crippen LogP contribution in [0.15, 0.2) is 40.8 Å². The molecule has 3 rings (SSSR count). The van der Waals surface area contributed by atoms with Gasteiger partial charge in [0.1, 0.15) is 5.82 Å². The number of aliphatic imine (C=N–C) groups is 1. The lowest BCUT2D eigenvalue weighted by Gasteiger charge is -2.31. The highest BCUT2D eigenvalue weighted by molar-refractivity contribution is 5.79. The zero-order chi connectivity index (χ0) is 22.6. The minimum atomic E-state index is -0.368. The number of anilines is 1. The molecule has 0 amide bonds. The number of nitrogens with zero attached hydrogens (tertiary/aromatic N) is 3. The second kappa shape index (κ2) is 14.7. The molecule has 0 aromatic heterocycles. The summed E-state index contributed by atoms with van der Waals surface area (Å²) in [6.45, 7) is 9.92. The first-order valence-electron chi connectivity index (χ1n) is 11.7. The van der Waals surface area contributed by atoms with Gasteiger partial charge >= 0.3 is 0 Å². The number of piperidine rings is 1. The molecule has 32 heavy (non-hydrogen) atoms. The minimum Gasteiger partial charge on any atom is -0.412 e. The van der Waals surface area contributed by atoms with Gasteiger partial charge in [-0.15, -0.1) is 0 Å². The summed E-state index contributed by atoms with van der Waals surface area (Å²) >= 11 is 0. The highest BCUT2D eigenvalue weighted by Crippen LogP contribution is 2.18. The summed E-state index contributed by atoms with van der Waals surface area (Å²) in [6.07, 6.45) is 5.84. The van der Waals surface area contributed by atoms with Gasteiger partial charge < -0.3 is 36.4 Å². The Morgan fingerprint density at radius 2 is 1.91 bits per heavy atom. The first-order valence-corrected chi connectivity index (χ1v) is 11.7.